The van der Waals surface area contributed by atoms with E-state index in [4.69, 9.17) is 29.6 Å². The molecule has 28 heavy (non-hydrogen) atoms. The molecule has 1 aromatic carbocycles. The third kappa shape index (κ3) is 4.83. The Kier molecular flexibility index (Phi) is 6.19. The summed E-state index contributed by atoms with van der Waals surface area (Å²) in [5, 5.41) is 11.9. The molecule has 0 saturated heterocycles. The van der Waals surface area contributed by atoms with Crippen LogP contribution in [0.2, 0.25) is 5.02 Å². The number of nitrogens with zero attached hydrogens (tertiary/aromatic N) is 2. The van der Waals surface area contributed by atoms with Gasteiger partial charge in [-0.1, -0.05) is 23.7 Å². The highest BCUT2D eigenvalue weighted by Crippen LogP contribution is 2.22. The Hall–Kier alpha value is -3.01. The smallest absolute Gasteiger partial charge is 0.254 e. The Morgan fingerprint density at radius 2 is 2.11 bits per heavy atom. The molecule has 0 spiro atoms. The third-order valence-corrected chi connectivity index (χ3v) is 4.78. The van der Waals surface area contributed by atoms with E-state index in [1.807, 2.05) is 17.5 Å². The lowest BCUT2D eigenvalue weighted by Crippen LogP contribution is -2.34. The molecule has 0 radical (unpaired) electrons. The summed E-state index contributed by atoms with van der Waals surface area (Å²) in [5.41, 5.74) is 6.12. The highest BCUT2D eigenvalue weighted by molar-refractivity contribution is 7.80. The van der Waals surface area contributed by atoms with E-state index in [-0.39, 0.29) is 16.5 Å². The summed E-state index contributed by atoms with van der Waals surface area (Å²) in [7, 11) is 0. The Labute approximate surface area is 174 Å². The molecule has 0 unspecified atom stereocenters. The predicted octanol–water partition coefficient (Wildman–Crippen LogP) is 3.21. The summed E-state index contributed by atoms with van der Waals surface area (Å²) in [6.45, 7) is 0. The van der Waals surface area contributed by atoms with Crippen molar-refractivity contribution in [3.63, 3.8) is 0 Å². The van der Waals surface area contributed by atoms with Gasteiger partial charge < -0.3 is 11.1 Å². The molecule has 2 heterocycles. The fourth-order valence-electron chi connectivity index (χ4n) is 2.29. The van der Waals surface area contributed by atoms with Crippen LogP contribution in [0.5, 0.6) is 0 Å². The average Bonchev–Trinajstić information content (AvgIpc) is 3.29. The largest absolute Gasteiger partial charge is 0.365 e. The maximum atomic E-state index is 12.0. The number of aromatic nitrogens is 2. The first-order valence-electron chi connectivity index (χ1n) is 7.91. The van der Waals surface area contributed by atoms with Gasteiger partial charge in [-0.15, -0.1) is 11.3 Å². The molecular weight excluding hydrogens is 418 g/mol. The van der Waals surface area contributed by atoms with Crippen LogP contribution in [0, 0.1) is 0 Å². The van der Waals surface area contributed by atoms with Gasteiger partial charge in [-0.05, 0) is 47.9 Å². The van der Waals surface area contributed by atoms with Gasteiger partial charge in [0.15, 0.2) is 5.11 Å². The number of primary amides is 1. The van der Waals surface area contributed by atoms with Crippen LogP contribution in [0.4, 0.5) is 5.82 Å². The molecule has 4 N–H and O–H groups in total. The topological polar surface area (TPSA) is 102 Å². The molecule has 2 aromatic heterocycles. The SMILES string of the molecule is NC(=O)c1cnn(-c2cccc(Cl)c2)c1NC(=S)NC(=O)/C=C/c1cccs1. The van der Waals surface area contributed by atoms with E-state index in [0.29, 0.717) is 10.7 Å². The van der Waals surface area contributed by atoms with Crippen molar-refractivity contribution in [3.8, 4) is 5.69 Å². The van der Waals surface area contributed by atoms with Crippen molar-refractivity contribution < 1.29 is 9.59 Å². The summed E-state index contributed by atoms with van der Waals surface area (Å²) >= 11 is 12.7. The van der Waals surface area contributed by atoms with Crippen molar-refractivity contribution in [2.45, 2.75) is 0 Å². The van der Waals surface area contributed by atoms with Gasteiger partial charge in [-0.2, -0.15) is 5.10 Å². The molecule has 0 atom stereocenters. The highest BCUT2D eigenvalue weighted by atomic mass is 35.5. The van der Waals surface area contributed by atoms with Gasteiger partial charge in [0.2, 0.25) is 5.91 Å². The zero-order valence-electron chi connectivity index (χ0n) is 14.3. The number of amides is 2. The second-order valence-corrected chi connectivity index (χ2v) is 7.28. The van der Waals surface area contributed by atoms with Crippen LogP contribution in [0.3, 0.4) is 0 Å². The molecule has 0 aliphatic rings. The number of benzene rings is 1. The molecule has 0 aliphatic carbocycles. The molecular formula is C18H14ClN5O2S2. The van der Waals surface area contributed by atoms with Crippen molar-refractivity contribution >= 4 is 64.0 Å². The maximum absolute atomic E-state index is 12.0. The minimum absolute atomic E-state index is 0.00731. The molecule has 0 fully saturated rings. The fourth-order valence-corrected chi connectivity index (χ4v) is 3.29. The van der Waals surface area contributed by atoms with E-state index in [1.165, 1.54) is 28.3 Å². The zero-order chi connectivity index (χ0) is 20.1. The van der Waals surface area contributed by atoms with Gasteiger partial charge in [-0.25, -0.2) is 4.68 Å². The molecule has 0 saturated carbocycles. The van der Waals surface area contributed by atoms with Gasteiger partial charge in [0.05, 0.1) is 11.9 Å². The number of rotatable bonds is 5. The van der Waals surface area contributed by atoms with Crippen molar-refractivity contribution in [2.75, 3.05) is 5.32 Å². The summed E-state index contributed by atoms with van der Waals surface area (Å²) in [6.07, 6.45) is 4.35. The van der Waals surface area contributed by atoms with Gasteiger partial charge in [0.25, 0.3) is 5.91 Å². The second-order valence-electron chi connectivity index (χ2n) is 5.45. The summed E-state index contributed by atoms with van der Waals surface area (Å²) in [4.78, 5) is 24.7. The number of carbonyl (C=O) groups is 2. The predicted molar refractivity (Wildman–Crippen MR) is 115 cm³/mol. The zero-order valence-corrected chi connectivity index (χ0v) is 16.6. The Morgan fingerprint density at radius 1 is 1.29 bits per heavy atom. The first-order chi connectivity index (χ1) is 13.4. The van der Waals surface area contributed by atoms with E-state index in [2.05, 4.69) is 15.7 Å². The number of carbonyl (C=O) groups excluding carboxylic acids is 2. The van der Waals surface area contributed by atoms with E-state index in [0.717, 1.165) is 4.88 Å². The molecule has 142 valence electrons. The summed E-state index contributed by atoms with van der Waals surface area (Å²) in [6, 6.07) is 10.6. The number of nitrogens with one attached hydrogen (secondary N) is 2. The molecule has 2 amide bonds. The lowest BCUT2D eigenvalue weighted by Gasteiger charge is -2.12. The number of thiocarbonyl (C=S) groups is 1. The van der Waals surface area contributed by atoms with Crippen molar-refractivity contribution in [2.24, 2.45) is 5.73 Å². The van der Waals surface area contributed by atoms with Gasteiger partial charge >= 0.3 is 0 Å². The summed E-state index contributed by atoms with van der Waals surface area (Å²) in [5.74, 6) is -0.884. The van der Waals surface area contributed by atoms with Crippen LogP contribution in [0.25, 0.3) is 11.8 Å². The minimum atomic E-state index is -0.692. The van der Waals surface area contributed by atoms with Crippen LogP contribution < -0.4 is 16.4 Å². The fraction of sp³-hybridized carbons (Fsp3) is 0. The standard InChI is InChI=1S/C18H14ClN5O2S2/c19-11-3-1-4-12(9-11)24-17(14(10-21-24)16(20)26)23-18(27)22-15(25)7-6-13-5-2-8-28-13/h1-10H,(H2,20,26)(H2,22,23,25,27)/b7-6+. The van der Waals surface area contributed by atoms with Crippen LogP contribution in [-0.2, 0) is 4.79 Å². The molecule has 0 bridgehead atoms. The van der Waals surface area contributed by atoms with Crippen molar-refractivity contribution in [1.29, 1.82) is 0 Å². The monoisotopic (exact) mass is 431 g/mol. The first-order valence-corrected chi connectivity index (χ1v) is 9.58. The molecule has 7 nitrogen and oxygen atoms in total. The lowest BCUT2D eigenvalue weighted by atomic mass is 10.3. The third-order valence-electron chi connectivity index (χ3n) is 3.50. The van der Waals surface area contributed by atoms with E-state index in [9.17, 15) is 9.59 Å². The van der Waals surface area contributed by atoms with E-state index >= 15 is 0 Å². The first kappa shape index (κ1) is 19.7. The normalized spacial score (nSPS) is 10.8. The minimum Gasteiger partial charge on any atom is -0.365 e. The van der Waals surface area contributed by atoms with E-state index in [1.54, 1.807) is 30.3 Å². The Balaban J connectivity index is 1.78. The number of hydrogen-bond donors (Lipinski definition) is 3. The number of nitrogens with two attached hydrogens (primary N) is 1. The molecule has 3 aromatic rings. The van der Waals surface area contributed by atoms with Gasteiger partial charge in [-0.3, -0.25) is 14.9 Å². The van der Waals surface area contributed by atoms with Crippen LogP contribution >= 0.6 is 35.2 Å². The number of halogens is 1. The Morgan fingerprint density at radius 3 is 2.79 bits per heavy atom. The van der Waals surface area contributed by atoms with Crippen molar-refractivity contribution in [1.82, 2.24) is 15.1 Å². The maximum Gasteiger partial charge on any atom is 0.254 e. The number of thiophene rings is 1. The quantitative estimate of drug-likeness (QED) is 0.425. The van der Waals surface area contributed by atoms with Crippen LogP contribution in [-0.4, -0.2) is 26.7 Å². The Bertz CT molecular complexity index is 1060. The van der Waals surface area contributed by atoms with Crippen molar-refractivity contribution in [3.05, 3.63) is 69.5 Å². The number of anilines is 1. The lowest BCUT2D eigenvalue weighted by molar-refractivity contribution is -0.115. The van der Waals surface area contributed by atoms with Crippen LogP contribution in [0.15, 0.2) is 54.1 Å². The second kappa shape index (κ2) is 8.79. The van der Waals surface area contributed by atoms with E-state index < -0.39 is 11.8 Å². The number of hydrogen-bond acceptors (Lipinski definition) is 5. The highest BCUT2D eigenvalue weighted by Gasteiger charge is 2.18. The summed E-state index contributed by atoms with van der Waals surface area (Å²) < 4.78 is 1.42. The van der Waals surface area contributed by atoms with Gasteiger partial charge in [0.1, 0.15) is 11.4 Å². The average molecular weight is 432 g/mol. The molecule has 3 rings (SSSR count). The van der Waals surface area contributed by atoms with Gasteiger partial charge in [0, 0.05) is 16.0 Å². The van der Waals surface area contributed by atoms with Crippen LogP contribution in [0.1, 0.15) is 15.2 Å². The molecule has 10 heteroatoms. The molecule has 0 aliphatic heterocycles.